The molecule has 6 aromatic carbocycles. The summed E-state index contributed by atoms with van der Waals surface area (Å²) in [5, 5.41) is 0. The van der Waals surface area contributed by atoms with Crippen molar-refractivity contribution >= 4 is 57.2 Å². The average Bonchev–Trinajstić information content (AvgIpc) is 3.36. The van der Waals surface area contributed by atoms with Crippen molar-refractivity contribution in [2.45, 2.75) is 157 Å². The van der Waals surface area contributed by atoms with Gasteiger partial charge in [0.1, 0.15) is 0 Å². The van der Waals surface area contributed by atoms with Gasteiger partial charge >= 0.3 is 0 Å². The van der Waals surface area contributed by atoms with Crippen LogP contribution in [0, 0.1) is 6.92 Å². The summed E-state index contributed by atoms with van der Waals surface area (Å²) in [6.07, 6.45) is 1.12. The molecule has 3 heteroatoms. The second-order valence-corrected chi connectivity index (χ2v) is 24.9. The van der Waals surface area contributed by atoms with E-state index >= 15 is 0 Å². The van der Waals surface area contributed by atoms with Crippen molar-refractivity contribution in [3.63, 3.8) is 0 Å². The number of fused-ring (bicyclic) bond motifs is 5. The van der Waals surface area contributed by atoms with Crippen molar-refractivity contribution < 1.29 is 0 Å². The summed E-state index contributed by atoms with van der Waals surface area (Å²) < 4.78 is 0. The number of hydrogen-bond acceptors (Lipinski definition) is 2. The molecule has 2 nitrogen and oxygen atoms in total. The predicted octanol–water partition coefficient (Wildman–Crippen LogP) is 14.9. The molecule has 3 aliphatic rings. The van der Waals surface area contributed by atoms with Crippen LogP contribution in [0.2, 0.25) is 0 Å². The number of rotatable bonds is 3. The van der Waals surface area contributed by atoms with Gasteiger partial charge in [-0.05, 0) is 155 Å². The van der Waals surface area contributed by atoms with Crippen LogP contribution in [0.25, 0.3) is 11.1 Å². The molecule has 63 heavy (non-hydrogen) atoms. The fourth-order valence-corrected chi connectivity index (χ4v) is 11.3. The maximum absolute atomic E-state index is 2.68. The average molecular weight is 831 g/mol. The summed E-state index contributed by atoms with van der Waals surface area (Å²) in [5.74, 6) is 0. The van der Waals surface area contributed by atoms with Crippen LogP contribution in [0.1, 0.15) is 156 Å². The molecular weight excluding hydrogens is 759 g/mol. The van der Waals surface area contributed by atoms with Crippen molar-refractivity contribution in [3.8, 4) is 11.1 Å². The molecule has 0 unspecified atom stereocenters. The third kappa shape index (κ3) is 7.17. The molecule has 0 amide bonds. The molecule has 2 heterocycles. The number of hydrogen-bond donors (Lipinski definition) is 0. The Labute approximate surface area is 381 Å². The molecule has 2 aliphatic heterocycles. The summed E-state index contributed by atoms with van der Waals surface area (Å²) in [7, 11) is 0. The molecule has 0 N–H and O–H groups in total. The molecule has 0 fully saturated rings. The van der Waals surface area contributed by atoms with Crippen LogP contribution in [-0.4, -0.2) is 6.71 Å². The van der Waals surface area contributed by atoms with E-state index in [0.29, 0.717) is 0 Å². The van der Waals surface area contributed by atoms with Gasteiger partial charge in [0, 0.05) is 34.0 Å². The van der Waals surface area contributed by atoms with Gasteiger partial charge in [-0.2, -0.15) is 0 Å². The smallest absolute Gasteiger partial charge is 0.252 e. The third-order valence-electron chi connectivity index (χ3n) is 14.7. The first kappa shape index (κ1) is 43.2. The number of anilines is 6. The normalized spacial score (nSPS) is 16.4. The second kappa shape index (κ2) is 14.0. The second-order valence-electron chi connectivity index (χ2n) is 24.9. The van der Waals surface area contributed by atoms with E-state index in [1.165, 1.54) is 101 Å². The van der Waals surface area contributed by atoms with E-state index < -0.39 is 0 Å². The zero-order valence-electron chi connectivity index (χ0n) is 41.6. The highest BCUT2D eigenvalue weighted by Gasteiger charge is 2.48. The molecule has 1 aliphatic carbocycles. The molecule has 6 aromatic rings. The van der Waals surface area contributed by atoms with Crippen molar-refractivity contribution in [2.75, 3.05) is 9.80 Å². The van der Waals surface area contributed by atoms with Gasteiger partial charge in [0.05, 0.1) is 5.69 Å². The summed E-state index contributed by atoms with van der Waals surface area (Å²) in [5.41, 5.74) is 24.0. The lowest BCUT2D eigenvalue weighted by molar-refractivity contribution is 0.403. The van der Waals surface area contributed by atoms with E-state index in [-0.39, 0.29) is 39.2 Å². The number of nitrogens with zero attached hydrogens (tertiary/aromatic N) is 2. The third-order valence-corrected chi connectivity index (χ3v) is 14.7. The quantitative estimate of drug-likeness (QED) is 0.164. The van der Waals surface area contributed by atoms with Gasteiger partial charge in [-0.3, -0.25) is 0 Å². The molecule has 0 saturated heterocycles. The predicted molar refractivity (Wildman–Crippen MR) is 276 cm³/mol. The Hall–Kier alpha value is -5.02. The van der Waals surface area contributed by atoms with E-state index in [9.17, 15) is 0 Å². The summed E-state index contributed by atoms with van der Waals surface area (Å²) >= 11 is 0. The van der Waals surface area contributed by atoms with Crippen LogP contribution >= 0.6 is 0 Å². The summed E-state index contributed by atoms with van der Waals surface area (Å²) in [6, 6.07) is 43.7. The van der Waals surface area contributed by atoms with Crippen molar-refractivity contribution in [2.24, 2.45) is 0 Å². The van der Waals surface area contributed by atoms with E-state index in [0.717, 1.165) is 6.42 Å². The van der Waals surface area contributed by atoms with Gasteiger partial charge < -0.3 is 9.80 Å². The fraction of sp³-hybridized carbons (Fsp3) is 0.400. The zero-order valence-corrected chi connectivity index (χ0v) is 41.6. The molecular formula is C60H71BN2. The highest BCUT2D eigenvalue weighted by Crippen LogP contribution is 2.54. The molecule has 0 radical (unpaired) electrons. The van der Waals surface area contributed by atoms with E-state index in [4.69, 9.17) is 0 Å². The van der Waals surface area contributed by atoms with Crippen molar-refractivity contribution in [1.82, 2.24) is 0 Å². The summed E-state index contributed by atoms with van der Waals surface area (Å²) in [4.78, 5) is 5.29. The lowest BCUT2D eigenvalue weighted by Gasteiger charge is -2.45. The first-order valence-electron chi connectivity index (χ1n) is 23.6. The minimum atomic E-state index is -0.0137. The number of aryl methyl sites for hydroxylation is 1. The molecule has 0 aromatic heterocycles. The van der Waals surface area contributed by atoms with Gasteiger partial charge in [0.15, 0.2) is 0 Å². The minimum Gasteiger partial charge on any atom is -0.311 e. The van der Waals surface area contributed by atoms with Crippen LogP contribution < -0.4 is 26.2 Å². The lowest BCUT2D eigenvalue weighted by Crippen LogP contribution is -2.61. The van der Waals surface area contributed by atoms with Gasteiger partial charge in [0.2, 0.25) is 0 Å². The van der Waals surface area contributed by atoms with E-state index in [2.05, 4.69) is 237 Å². The summed E-state index contributed by atoms with van der Waals surface area (Å²) in [6.45, 7) is 40.2. The topological polar surface area (TPSA) is 6.48 Å². The monoisotopic (exact) mass is 831 g/mol. The van der Waals surface area contributed by atoms with Crippen LogP contribution in [0.4, 0.5) is 34.1 Å². The van der Waals surface area contributed by atoms with Gasteiger partial charge in [0.25, 0.3) is 6.71 Å². The maximum atomic E-state index is 2.68. The minimum absolute atomic E-state index is 0.00779. The Balaban J connectivity index is 1.41. The van der Waals surface area contributed by atoms with E-state index in [1.807, 2.05) is 0 Å². The van der Waals surface area contributed by atoms with E-state index in [1.54, 1.807) is 0 Å². The van der Waals surface area contributed by atoms with Crippen molar-refractivity contribution in [3.05, 3.63) is 148 Å². The van der Waals surface area contributed by atoms with Crippen LogP contribution in [0.5, 0.6) is 0 Å². The Bertz CT molecular complexity index is 2810. The Kier molecular flexibility index (Phi) is 9.60. The molecule has 0 atom stereocenters. The standard InChI is InChI=1S/C60H71BN2/c1-37-29-52-54-53(30-37)63(49-28-26-41(57(8,9)10)32-44(49)38-21-23-39(24-22-38)55(2,3)4)51-35-46-45(59(14,15)36-60(46,16)17)34-48(51)61(54)47-27-25-42(58(11,12)13)33-50(47)62(52)43-20-18-19-40(31-43)56(5,6)7/h18-35H,36H2,1-17H3. The SMILES string of the molecule is Cc1cc2c3c(c1)N(c1ccc(C(C)(C)C)cc1-c1ccc(C(C)(C)C)cc1)c1cc4c(cc1B3c1ccc(C(C)(C)C)cc1N2c1cccc(C(C)(C)C)c1)C(C)(C)CC4(C)C. The number of benzene rings is 6. The highest BCUT2D eigenvalue weighted by atomic mass is 15.2. The maximum Gasteiger partial charge on any atom is 0.252 e. The fourth-order valence-electron chi connectivity index (χ4n) is 11.3. The Morgan fingerprint density at radius 2 is 0.952 bits per heavy atom. The molecule has 324 valence electrons. The van der Waals surface area contributed by atoms with Crippen LogP contribution in [0.15, 0.2) is 109 Å². The Morgan fingerprint density at radius 3 is 1.56 bits per heavy atom. The first-order valence-corrected chi connectivity index (χ1v) is 23.6. The van der Waals surface area contributed by atoms with Crippen LogP contribution in [-0.2, 0) is 32.5 Å². The van der Waals surface area contributed by atoms with Gasteiger partial charge in [-0.15, -0.1) is 0 Å². The first-order chi connectivity index (χ1) is 29.1. The van der Waals surface area contributed by atoms with Crippen LogP contribution in [0.3, 0.4) is 0 Å². The van der Waals surface area contributed by atoms with Gasteiger partial charge in [-0.25, -0.2) is 0 Å². The zero-order chi connectivity index (χ0) is 45.6. The van der Waals surface area contributed by atoms with Crippen molar-refractivity contribution in [1.29, 1.82) is 0 Å². The largest absolute Gasteiger partial charge is 0.311 e. The molecule has 0 spiro atoms. The Morgan fingerprint density at radius 1 is 0.444 bits per heavy atom. The molecule has 0 saturated carbocycles. The lowest BCUT2D eigenvalue weighted by atomic mass is 9.33. The molecule has 0 bridgehead atoms. The molecule has 9 rings (SSSR count). The highest BCUT2D eigenvalue weighted by molar-refractivity contribution is 7.00. The van der Waals surface area contributed by atoms with Gasteiger partial charge in [-0.1, -0.05) is 171 Å².